The van der Waals surface area contributed by atoms with E-state index in [0.717, 1.165) is 11.1 Å². The van der Waals surface area contributed by atoms with Gasteiger partial charge in [0.1, 0.15) is 0 Å². The van der Waals surface area contributed by atoms with Crippen LogP contribution in [0.25, 0.3) is 60.9 Å². The van der Waals surface area contributed by atoms with Crippen LogP contribution in [-0.4, -0.2) is 16.4 Å². The van der Waals surface area contributed by atoms with E-state index in [9.17, 15) is 35.9 Å². The van der Waals surface area contributed by atoms with Crippen molar-refractivity contribution in [2.24, 2.45) is 0 Å². The molecule has 8 aromatic rings. The highest BCUT2D eigenvalue weighted by Gasteiger charge is 2.42. The van der Waals surface area contributed by atoms with Gasteiger partial charge in [-0.3, -0.25) is 9.59 Å². The molecule has 10 heteroatoms. The number of benzene rings is 7. The van der Waals surface area contributed by atoms with Crippen molar-refractivity contribution in [2.75, 3.05) is 4.90 Å². The largest absolute Gasteiger partial charge is 0.416 e. The number of fused-ring (bicyclic) bond motifs is 4. The van der Waals surface area contributed by atoms with Gasteiger partial charge in [-0.15, -0.1) is 0 Å². The van der Waals surface area contributed by atoms with Crippen molar-refractivity contribution in [2.45, 2.75) is 12.4 Å². The number of anilines is 1. The molecule has 0 unspecified atom stereocenters. The zero-order valence-electron chi connectivity index (χ0n) is 29.0. The molecule has 56 heavy (non-hydrogen) atoms. The van der Waals surface area contributed by atoms with Crippen LogP contribution in [0, 0.1) is 0 Å². The fourth-order valence-electron chi connectivity index (χ4n) is 7.68. The smallest absolute Gasteiger partial charge is 0.308 e. The molecule has 0 saturated heterocycles. The summed E-state index contributed by atoms with van der Waals surface area (Å²) in [6.45, 7) is 0. The minimum absolute atomic E-state index is 0.104. The van der Waals surface area contributed by atoms with E-state index in [0.29, 0.717) is 56.4 Å². The normalized spacial score (nSPS) is 13.2. The predicted octanol–water partition coefficient (Wildman–Crippen LogP) is 12.6. The summed E-state index contributed by atoms with van der Waals surface area (Å²) in [5.41, 5.74) is 2.30. The maximum Gasteiger partial charge on any atom is 0.416 e. The van der Waals surface area contributed by atoms with Crippen molar-refractivity contribution in [3.8, 4) is 39.1 Å². The zero-order chi connectivity index (χ0) is 38.9. The van der Waals surface area contributed by atoms with E-state index in [4.69, 9.17) is 0 Å². The number of nitrogens with zero attached hydrogens (tertiary/aromatic N) is 2. The van der Waals surface area contributed by atoms with Gasteiger partial charge in [-0.2, -0.15) is 26.3 Å². The molecular formula is C46H26F6N2O2. The van der Waals surface area contributed by atoms with E-state index in [-0.39, 0.29) is 28.3 Å². The number of carbonyl (C=O) groups excluding carboxylic acids is 2. The van der Waals surface area contributed by atoms with E-state index < -0.39 is 35.3 Å². The maximum atomic E-state index is 14.9. The van der Waals surface area contributed by atoms with E-state index >= 15 is 0 Å². The first kappa shape index (κ1) is 34.8. The molecule has 1 aromatic heterocycles. The van der Waals surface area contributed by atoms with Crippen molar-refractivity contribution < 1.29 is 35.9 Å². The molecule has 2 heterocycles. The number of rotatable bonds is 5. The summed E-state index contributed by atoms with van der Waals surface area (Å²) >= 11 is 0. The second-order valence-electron chi connectivity index (χ2n) is 13.5. The topological polar surface area (TPSA) is 42.3 Å². The van der Waals surface area contributed by atoms with Gasteiger partial charge in [0, 0.05) is 21.9 Å². The van der Waals surface area contributed by atoms with Crippen LogP contribution in [0.5, 0.6) is 0 Å². The van der Waals surface area contributed by atoms with E-state index in [1.165, 1.54) is 11.0 Å². The Morgan fingerprint density at radius 2 is 0.946 bits per heavy atom. The highest BCUT2D eigenvalue weighted by molar-refractivity contribution is 6.37. The van der Waals surface area contributed by atoms with Crippen molar-refractivity contribution in [3.05, 3.63) is 180 Å². The number of aromatic nitrogens is 1. The predicted molar refractivity (Wildman–Crippen MR) is 205 cm³/mol. The lowest BCUT2D eigenvalue weighted by molar-refractivity contribution is -0.143. The third kappa shape index (κ3) is 5.64. The minimum Gasteiger partial charge on any atom is -0.308 e. The summed E-state index contributed by atoms with van der Waals surface area (Å²) in [4.78, 5) is 30.7. The Labute approximate surface area is 315 Å². The SMILES string of the molecule is O=C1c2cccc(-n3c4ccccc4c4cc(-c5cc(C(F)(F)F)cc(C(F)(F)F)c5)ccc43)c2C(=O)N1c1c(-c2ccccc2)cccc1-c1ccccc1. The van der Waals surface area contributed by atoms with Crippen molar-refractivity contribution in [1.82, 2.24) is 4.57 Å². The van der Waals surface area contributed by atoms with E-state index in [2.05, 4.69) is 0 Å². The summed E-state index contributed by atoms with van der Waals surface area (Å²) in [6, 6.07) is 42.8. The number of hydrogen-bond donors (Lipinski definition) is 0. The summed E-state index contributed by atoms with van der Waals surface area (Å²) in [7, 11) is 0. The molecule has 274 valence electrons. The number of carbonyl (C=O) groups is 2. The van der Waals surface area contributed by atoms with Crippen LogP contribution in [0.4, 0.5) is 32.0 Å². The molecule has 0 spiro atoms. The number of halogens is 6. The molecule has 4 nitrogen and oxygen atoms in total. The molecule has 1 aliphatic heterocycles. The van der Waals surface area contributed by atoms with Crippen LogP contribution in [-0.2, 0) is 12.4 Å². The lowest BCUT2D eigenvalue weighted by Crippen LogP contribution is -2.30. The number of amides is 2. The molecule has 0 bridgehead atoms. The van der Waals surface area contributed by atoms with Crippen molar-refractivity contribution >= 4 is 39.3 Å². The van der Waals surface area contributed by atoms with Gasteiger partial charge < -0.3 is 4.57 Å². The zero-order valence-corrected chi connectivity index (χ0v) is 29.0. The second-order valence-corrected chi connectivity index (χ2v) is 13.5. The fourth-order valence-corrected chi connectivity index (χ4v) is 7.68. The van der Waals surface area contributed by atoms with E-state index in [1.807, 2.05) is 78.9 Å². The monoisotopic (exact) mass is 752 g/mol. The lowest BCUT2D eigenvalue weighted by Gasteiger charge is -2.23. The van der Waals surface area contributed by atoms with Crippen LogP contribution in [0.3, 0.4) is 0 Å². The summed E-state index contributed by atoms with van der Waals surface area (Å²) in [5.74, 6) is -1.06. The number of hydrogen-bond acceptors (Lipinski definition) is 2. The Kier molecular flexibility index (Phi) is 7.98. The molecule has 0 atom stereocenters. The molecule has 2 amide bonds. The first-order valence-corrected chi connectivity index (χ1v) is 17.5. The highest BCUT2D eigenvalue weighted by atomic mass is 19.4. The number of alkyl halides is 6. The quantitative estimate of drug-likeness (QED) is 0.130. The average molecular weight is 753 g/mol. The first-order chi connectivity index (χ1) is 26.9. The van der Waals surface area contributed by atoms with Gasteiger partial charge in [-0.05, 0) is 70.8 Å². The minimum atomic E-state index is -5.01. The van der Waals surface area contributed by atoms with Crippen LogP contribution >= 0.6 is 0 Å². The molecule has 0 N–H and O–H groups in total. The molecule has 0 radical (unpaired) electrons. The number of para-hydroxylation sites is 2. The third-order valence-electron chi connectivity index (χ3n) is 10.2. The van der Waals surface area contributed by atoms with Gasteiger partial charge >= 0.3 is 12.4 Å². The molecule has 0 aliphatic carbocycles. The first-order valence-electron chi connectivity index (χ1n) is 17.5. The highest BCUT2D eigenvalue weighted by Crippen LogP contribution is 2.45. The van der Waals surface area contributed by atoms with Crippen LogP contribution in [0.15, 0.2) is 158 Å². The molecule has 0 fully saturated rings. The Morgan fingerprint density at radius 1 is 0.411 bits per heavy atom. The Morgan fingerprint density at radius 3 is 1.55 bits per heavy atom. The van der Waals surface area contributed by atoms with Gasteiger partial charge in [0.25, 0.3) is 11.8 Å². The van der Waals surface area contributed by atoms with E-state index in [1.54, 1.807) is 59.2 Å². The van der Waals surface area contributed by atoms with Gasteiger partial charge in [-0.1, -0.05) is 109 Å². The summed E-state index contributed by atoms with van der Waals surface area (Å²) in [6.07, 6.45) is -10.0. The molecule has 1 aliphatic rings. The second kappa shape index (κ2) is 12.8. The molecule has 9 rings (SSSR count). The van der Waals surface area contributed by atoms with Gasteiger partial charge in [0.15, 0.2) is 0 Å². The van der Waals surface area contributed by atoms with Gasteiger partial charge in [0.05, 0.1) is 44.7 Å². The molecule has 0 saturated carbocycles. The van der Waals surface area contributed by atoms with Crippen LogP contribution in [0.1, 0.15) is 31.8 Å². The lowest BCUT2D eigenvalue weighted by atomic mass is 9.95. The Balaban J connectivity index is 1.24. The number of imide groups is 1. The van der Waals surface area contributed by atoms with Gasteiger partial charge in [0.2, 0.25) is 0 Å². The standard InChI is InChI=1S/C46H26F6N2O2/c47-45(48,49)31-23-30(24-32(26-31)46(50,51)52)29-21-22-39-37(25-29)35-15-7-8-19-38(35)53(39)40-20-10-18-36-41(40)44(56)54(43(36)55)42-33(27-11-3-1-4-12-27)16-9-17-34(42)28-13-5-2-6-14-28/h1-26H. The third-order valence-corrected chi connectivity index (χ3v) is 10.2. The summed E-state index contributed by atoms with van der Waals surface area (Å²) in [5, 5.41) is 1.16. The van der Waals surface area contributed by atoms with Crippen LogP contribution < -0.4 is 4.90 Å². The average Bonchev–Trinajstić information content (AvgIpc) is 3.67. The van der Waals surface area contributed by atoms with Crippen LogP contribution in [0.2, 0.25) is 0 Å². The maximum absolute atomic E-state index is 14.9. The van der Waals surface area contributed by atoms with Crippen molar-refractivity contribution in [1.29, 1.82) is 0 Å². The Hall–Kier alpha value is -6.94. The van der Waals surface area contributed by atoms with Gasteiger partial charge in [-0.25, -0.2) is 4.90 Å². The Bertz CT molecular complexity index is 2790. The molecular weight excluding hydrogens is 727 g/mol. The fraction of sp³-hybridized carbons (Fsp3) is 0.0435. The molecule has 7 aromatic carbocycles. The summed E-state index contributed by atoms with van der Waals surface area (Å²) < 4.78 is 84.6. The van der Waals surface area contributed by atoms with Crippen molar-refractivity contribution in [3.63, 3.8) is 0 Å².